The highest BCUT2D eigenvalue weighted by Crippen LogP contribution is 2.12. The lowest BCUT2D eigenvalue weighted by atomic mass is 10.0. The summed E-state index contributed by atoms with van der Waals surface area (Å²) in [7, 11) is 0. The molecule has 1 heterocycles. The van der Waals surface area contributed by atoms with Gasteiger partial charge in [-0.2, -0.15) is 0 Å². The summed E-state index contributed by atoms with van der Waals surface area (Å²) < 4.78 is 0. The van der Waals surface area contributed by atoms with Gasteiger partial charge in [-0.15, -0.1) is 0 Å². The van der Waals surface area contributed by atoms with Crippen LogP contribution in [-0.4, -0.2) is 19.6 Å². The van der Waals surface area contributed by atoms with Crippen molar-refractivity contribution in [3.8, 4) is 0 Å². The zero-order valence-corrected chi connectivity index (χ0v) is 8.72. The fraction of sp³-hybridized carbons (Fsp3) is 0.500. The quantitative estimate of drug-likeness (QED) is 0.757. The third-order valence-electron chi connectivity index (χ3n) is 2.80. The lowest BCUT2D eigenvalue weighted by molar-refractivity contribution is 0.365. The smallest absolute Gasteiger partial charge is 0.0343 e. The van der Waals surface area contributed by atoms with Gasteiger partial charge in [-0.3, -0.25) is 0 Å². The topological polar surface area (TPSA) is 24.1 Å². The predicted molar refractivity (Wildman–Crippen MR) is 60.7 cm³/mol. The van der Waals surface area contributed by atoms with Crippen LogP contribution in [0.4, 0.5) is 5.69 Å². The second-order valence-electron chi connectivity index (χ2n) is 3.96. The zero-order valence-electron chi connectivity index (χ0n) is 8.72. The molecule has 1 aliphatic rings. The molecular formula is C12H18N2. The van der Waals surface area contributed by atoms with Gasteiger partial charge in [-0.1, -0.05) is 19.1 Å². The van der Waals surface area contributed by atoms with Crippen LogP contribution in [0.5, 0.6) is 0 Å². The zero-order chi connectivity index (χ0) is 9.80. The van der Waals surface area contributed by atoms with E-state index in [4.69, 9.17) is 0 Å². The van der Waals surface area contributed by atoms with E-state index < -0.39 is 0 Å². The molecule has 0 bridgehead atoms. The minimum Gasteiger partial charge on any atom is -0.385 e. The largest absolute Gasteiger partial charge is 0.385 e. The van der Waals surface area contributed by atoms with E-state index in [9.17, 15) is 0 Å². The van der Waals surface area contributed by atoms with Crippen molar-refractivity contribution in [2.45, 2.75) is 13.3 Å². The van der Waals surface area contributed by atoms with Gasteiger partial charge in [-0.25, -0.2) is 0 Å². The maximum Gasteiger partial charge on any atom is 0.0343 e. The first-order valence-corrected chi connectivity index (χ1v) is 5.42. The number of benzene rings is 1. The van der Waals surface area contributed by atoms with Gasteiger partial charge >= 0.3 is 0 Å². The van der Waals surface area contributed by atoms with Crippen LogP contribution in [0.25, 0.3) is 0 Å². The van der Waals surface area contributed by atoms with Gasteiger partial charge in [-0.05, 0) is 24.1 Å². The molecule has 0 spiro atoms. The van der Waals surface area contributed by atoms with Gasteiger partial charge < -0.3 is 10.6 Å². The number of nitrogens with one attached hydrogen (secondary N) is 2. The first-order valence-electron chi connectivity index (χ1n) is 5.42. The molecule has 0 aliphatic carbocycles. The van der Waals surface area contributed by atoms with Crippen molar-refractivity contribution in [3.05, 3.63) is 29.8 Å². The Morgan fingerprint density at radius 2 is 2.29 bits per heavy atom. The minimum atomic E-state index is 0.820. The SMILES string of the molecule is CCc1cccc(NCC2CNC2)c1. The van der Waals surface area contributed by atoms with E-state index in [-0.39, 0.29) is 0 Å². The van der Waals surface area contributed by atoms with E-state index >= 15 is 0 Å². The van der Waals surface area contributed by atoms with Gasteiger partial charge in [0.1, 0.15) is 0 Å². The normalized spacial score (nSPS) is 16.4. The Bertz CT molecular complexity index is 292. The van der Waals surface area contributed by atoms with E-state index in [0.717, 1.165) is 18.9 Å². The Morgan fingerprint density at radius 3 is 2.93 bits per heavy atom. The van der Waals surface area contributed by atoms with E-state index in [1.54, 1.807) is 0 Å². The summed E-state index contributed by atoms with van der Waals surface area (Å²) >= 11 is 0. The minimum absolute atomic E-state index is 0.820. The van der Waals surface area contributed by atoms with Crippen molar-refractivity contribution < 1.29 is 0 Å². The molecule has 1 fully saturated rings. The second-order valence-corrected chi connectivity index (χ2v) is 3.96. The summed E-state index contributed by atoms with van der Waals surface area (Å²) in [5.74, 6) is 0.820. The van der Waals surface area contributed by atoms with E-state index in [2.05, 4.69) is 41.8 Å². The van der Waals surface area contributed by atoms with Crippen LogP contribution in [0.3, 0.4) is 0 Å². The first kappa shape index (κ1) is 9.53. The van der Waals surface area contributed by atoms with Crippen molar-refractivity contribution in [3.63, 3.8) is 0 Å². The van der Waals surface area contributed by atoms with Crippen molar-refractivity contribution in [2.24, 2.45) is 5.92 Å². The summed E-state index contributed by atoms with van der Waals surface area (Å²) in [5, 5.41) is 6.76. The van der Waals surface area contributed by atoms with Crippen LogP contribution in [0.1, 0.15) is 12.5 Å². The summed E-state index contributed by atoms with van der Waals surface area (Å²) in [5.41, 5.74) is 2.66. The molecule has 0 atom stereocenters. The van der Waals surface area contributed by atoms with Crippen LogP contribution in [0.15, 0.2) is 24.3 Å². The third-order valence-corrected chi connectivity index (χ3v) is 2.80. The van der Waals surface area contributed by atoms with Crippen LogP contribution in [0, 0.1) is 5.92 Å². The molecule has 0 saturated carbocycles. The van der Waals surface area contributed by atoms with Crippen LogP contribution in [0.2, 0.25) is 0 Å². The molecular weight excluding hydrogens is 172 g/mol. The van der Waals surface area contributed by atoms with Crippen LogP contribution in [-0.2, 0) is 6.42 Å². The van der Waals surface area contributed by atoms with Crippen molar-refractivity contribution in [2.75, 3.05) is 25.0 Å². The molecule has 1 aliphatic heterocycles. The molecule has 0 amide bonds. The van der Waals surface area contributed by atoms with Gasteiger partial charge in [0.05, 0.1) is 0 Å². The Balaban J connectivity index is 1.87. The van der Waals surface area contributed by atoms with Gasteiger partial charge in [0.25, 0.3) is 0 Å². The summed E-state index contributed by atoms with van der Waals surface area (Å²) in [6.45, 7) is 5.62. The number of rotatable bonds is 4. The summed E-state index contributed by atoms with van der Waals surface area (Å²) in [6, 6.07) is 8.69. The molecule has 2 nitrogen and oxygen atoms in total. The molecule has 14 heavy (non-hydrogen) atoms. The summed E-state index contributed by atoms with van der Waals surface area (Å²) in [4.78, 5) is 0. The van der Waals surface area contributed by atoms with E-state index in [1.807, 2.05) is 0 Å². The standard InChI is InChI=1S/C12H18N2/c1-2-10-4-3-5-12(6-10)14-9-11-7-13-8-11/h3-6,11,13-14H,2,7-9H2,1H3. The van der Waals surface area contributed by atoms with E-state index in [1.165, 1.54) is 24.3 Å². The Hall–Kier alpha value is -1.02. The highest BCUT2D eigenvalue weighted by molar-refractivity contribution is 5.45. The molecule has 1 aromatic carbocycles. The lowest BCUT2D eigenvalue weighted by Gasteiger charge is -2.27. The van der Waals surface area contributed by atoms with Gasteiger partial charge in [0.15, 0.2) is 0 Å². The summed E-state index contributed by atoms with van der Waals surface area (Å²) in [6.07, 6.45) is 1.11. The molecule has 0 radical (unpaired) electrons. The monoisotopic (exact) mass is 190 g/mol. The maximum absolute atomic E-state index is 3.48. The average molecular weight is 190 g/mol. The highest BCUT2D eigenvalue weighted by Gasteiger charge is 2.15. The number of hydrogen-bond donors (Lipinski definition) is 2. The third kappa shape index (κ3) is 2.26. The number of aryl methyl sites for hydroxylation is 1. The fourth-order valence-electron chi connectivity index (χ4n) is 1.66. The lowest BCUT2D eigenvalue weighted by Crippen LogP contribution is -2.45. The molecule has 0 unspecified atom stereocenters. The number of anilines is 1. The average Bonchev–Trinajstić information content (AvgIpc) is 2.16. The first-order chi connectivity index (χ1) is 6.88. The molecule has 2 N–H and O–H groups in total. The Morgan fingerprint density at radius 1 is 1.43 bits per heavy atom. The molecule has 0 aromatic heterocycles. The fourth-order valence-corrected chi connectivity index (χ4v) is 1.66. The van der Waals surface area contributed by atoms with E-state index in [0.29, 0.717) is 0 Å². The molecule has 2 heteroatoms. The molecule has 76 valence electrons. The van der Waals surface area contributed by atoms with Crippen molar-refractivity contribution in [1.29, 1.82) is 0 Å². The number of hydrogen-bond acceptors (Lipinski definition) is 2. The van der Waals surface area contributed by atoms with Crippen molar-refractivity contribution in [1.82, 2.24) is 5.32 Å². The molecule has 1 saturated heterocycles. The van der Waals surface area contributed by atoms with Crippen LogP contribution < -0.4 is 10.6 Å². The van der Waals surface area contributed by atoms with Crippen molar-refractivity contribution >= 4 is 5.69 Å². The van der Waals surface area contributed by atoms with Crippen LogP contribution >= 0.6 is 0 Å². The van der Waals surface area contributed by atoms with Gasteiger partial charge in [0.2, 0.25) is 0 Å². The second kappa shape index (κ2) is 4.47. The molecule has 2 rings (SSSR count). The highest BCUT2D eigenvalue weighted by atomic mass is 15.0. The predicted octanol–water partition coefficient (Wildman–Crippen LogP) is 1.88. The maximum atomic E-state index is 3.48. The van der Waals surface area contributed by atoms with Gasteiger partial charge in [0, 0.05) is 31.2 Å². The molecule has 1 aromatic rings. The Kier molecular flexibility index (Phi) is 3.04. The Labute approximate surface area is 85.7 Å².